The van der Waals surface area contributed by atoms with Gasteiger partial charge in [-0.25, -0.2) is 9.98 Å². The molecular formula is C20H35N5O2. The van der Waals surface area contributed by atoms with E-state index in [1.54, 1.807) is 13.3 Å². The van der Waals surface area contributed by atoms with Crippen molar-refractivity contribution in [3.8, 4) is 5.88 Å². The Morgan fingerprint density at radius 1 is 1.33 bits per heavy atom. The van der Waals surface area contributed by atoms with Crippen LogP contribution in [0.15, 0.2) is 23.3 Å². The number of aliphatic imine (C=N–C) groups is 1. The summed E-state index contributed by atoms with van der Waals surface area (Å²) in [6.07, 6.45) is 2.89. The van der Waals surface area contributed by atoms with Crippen molar-refractivity contribution < 1.29 is 9.47 Å². The van der Waals surface area contributed by atoms with E-state index in [-0.39, 0.29) is 0 Å². The molecule has 1 aromatic rings. The molecule has 1 aliphatic heterocycles. The fraction of sp³-hybridized carbons (Fsp3) is 0.700. The van der Waals surface area contributed by atoms with Crippen molar-refractivity contribution in [2.45, 2.75) is 39.8 Å². The molecule has 1 unspecified atom stereocenters. The van der Waals surface area contributed by atoms with Crippen LogP contribution in [0, 0.1) is 5.92 Å². The predicted octanol–water partition coefficient (Wildman–Crippen LogP) is 1.89. The van der Waals surface area contributed by atoms with Gasteiger partial charge in [0.2, 0.25) is 5.88 Å². The van der Waals surface area contributed by atoms with Crippen molar-refractivity contribution in [3.63, 3.8) is 0 Å². The van der Waals surface area contributed by atoms with E-state index in [2.05, 4.69) is 41.3 Å². The van der Waals surface area contributed by atoms with E-state index in [4.69, 9.17) is 14.5 Å². The normalized spacial score (nSPS) is 17.0. The summed E-state index contributed by atoms with van der Waals surface area (Å²) in [5.74, 6) is 2.10. The van der Waals surface area contributed by atoms with Crippen molar-refractivity contribution in [2.75, 3.05) is 46.5 Å². The van der Waals surface area contributed by atoms with Crippen LogP contribution in [0.2, 0.25) is 0 Å². The molecule has 1 atom stereocenters. The number of pyridine rings is 1. The van der Waals surface area contributed by atoms with Gasteiger partial charge in [-0.2, -0.15) is 0 Å². The molecule has 2 heterocycles. The molecule has 2 N–H and O–H groups in total. The molecule has 7 nitrogen and oxygen atoms in total. The summed E-state index contributed by atoms with van der Waals surface area (Å²) in [5, 5.41) is 6.86. The monoisotopic (exact) mass is 377 g/mol. The molecule has 0 aromatic carbocycles. The molecule has 1 fully saturated rings. The topological polar surface area (TPSA) is 71.0 Å². The number of guanidine groups is 1. The highest BCUT2D eigenvalue weighted by molar-refractivity contribution is 5.79. The summed E-state index contributed by atoms with van der Waals surface area (Å²) in [6.45, 7) is 12.5. The van der Waals surface area contributed by atoms with Crippen LogP contribution in [-0.4, -0.2) is 68.4 Å². The molecule has 0 amide bonds. The van der Waals surface area contributed by atoms with Crippen LogP contribution in [0.1, 0.15) is 32.8 Å². The van der Waals surface area contributed by atoms with Crippen LogP contribution in [0.5, 0.6) is 5.88 Å². The second-order valence-electron chi connectivity index (χ2n) is 7.18. The Morgan fingerprint density at radius 3 is 2.78 bits per heavy atom. The lowest BCUT2D eigenvalue weighted by Gasteiger charge is -2.35. The van der Waals surface area contributed by atoms with Gasteiger partial charge in [-0.1, -0.05) is 19.9 Å². The number of aromatic nitrogens is 1. The third-order valence-electron chi connectivity index (χ3n) is 4.61. The van der Waals surface area contributed by atoms with Crippen LogP contribution in [-0.2, 0) is 11.3 Å². The molecule has 0 spiro atoms. The molecule has 27 heavy (non-hydrogen) atoms. The Balaban J connectivity index is 1.99. The minimum absolute atomic E-state index is 0.477. The van der Waals surface area contributed by atoms with Gasteiger partial charge in [0, 0.05) is 44.0 Å². The molecule has 0 bridgehead atoms. The average molecular weight is 378 g/mol. The summed E-state index contributed by atoms with van der Waals surface area (Å²) in [6, 6.07) is 4.38. The molecule has 1 saturated heterocycles. The lowest BCUT2D eigenvalue weighted by molar-refractivity contribution is 0.0132. The molecule has 7 heteroatoms. The zero-order valence-electron chi connectivity index (χ0n) is 17.2. The summed E-state index contributed by atoms with van der Waals surface area (Å²) in [5.41, 5.74) is 0.976. The summed E-state index contributed by atoms with van der Waals surface area (Å²) < 4.78 is 10.8. The lowest BCUT2D eigenvalue weighted by Crippen LogP contribution is -2.51. The quantitative estimate of drug-likeness (QED) is 0.506. The zero-order valence-corrected chi connectivity index (χ0v) is 17.2. The van der Waals surface area contributed by atoms with Gasteiger partial charge in [0.05, 0.1) is 26.9 Å². The van der Waals surface area contributed by atoms with Gasteiger partial charge in [-0.3, -0.25) is 4.90 Å². The number of hydrogen-bond acceptors (Lipinski definition) is 5. The Morgan fingerprint density at radius 2 is 2.11 bits per heavy atom. The number of rotatable bonds is 9. The standard InChI is InChI=1S/C20H35N5O2/c1-5-21-20(23-14-17-7-6-8-22-19(17)26-4)24-15-18(13-16(2)3)25-9-11-27-12-10-25/h6-8,16,18H,5,9-15H2,1-4H3,(H2,21,23,24). The highest BCUT2D eigenvalue weighted by Gasteiger charge is 2.22. The Bertz CT molecular complexity index is 573. The Hall–Kier alpha value is -1.86. The number of morpholine rings is 1. The first-order valence-corrected chi connectivity index (χ1v) is 9.95. The maximum absolute atomic E-state index is 5.51. The summed E-state index contributed by atoms with van der Waals surface area (Å²) in [4.78, 5) is 11.5. The number of hydrogen-bond donors (Lipinski definition) is 2. The third kappa shape index (κ3) is 7.34. The van der Waals surface area contributed by atoms with Gasteiger partial charge in [0.1, 0.15) is 0 Å². The summed E-state index contributed by atoms with van der Waals surface area (Å²) in [7, 11) is 1.64. The molecular weight excluding hydrogens is 342 g/mol. The second-order valence-corrected chi connectivity index (χ2v) is 7.18. The van der Waals surface area contributed by atoms with Gasteiger partial charge >= 0.3 is 0 Å². The first-order chi connectivity index (χ1) is 13.1. The van der Waals surface area contributed by atoms with Crippen molar-refractivity contribution in [1.82, 2.24) is 20.5 Å². The highest BCUT2D eigenvalue weighted by atomic mass is 16.5. The number of nitrogens with zero attached hydrogens (tertiary/aromatic N) is 3. The molecule has 1 aliphatic rings. The highest BCUT2D eigenvalue weighted by Crippen LogP contribution is 2.15. The number of methoxy groups -OCH3 is 1. The summed E-state index contributed by atoms with van der Waals surface area (Å²) >= 11 is 0. The fourth-order valence-corrected chi connectivity index (χ4v) is 3.30. The van der Waals surface area contributed by atoms with E-state index in [9.17, 15) is 0 Å². The van der Waals surface area contributed by atoms with E-state index in [0.29, 0.717) is 24.4 Å². The maximum Gasteiger partial charge on any atom is 0.218 e. The molecule has 1 aromatic heterocycles. The molecule has 2 rings (SSSR count). The smallest absolute Gasteiger partial charge is 0.218 e. The van der Waals surface area contributed by atoms with E-state index in [1.807, 2.05) is 12.1 Å². The molecule has 152 valence electrons. The molecule has 0 saturated carbocycles. The average Bonchev–Trinajstić information content (AvgIpc) is 2.69. The Labute approximate surface area is 163 Å². The van der Waals surface area contributed by atoms with E-state index < -0.39 is 0 Å². The van der Waals surface area contributed by atoms with Gasteiger partial charge < -0.3 is 20.1 Å². The van der Waals surface area contributed by atoms with Crippen LogP contribution in [0.3, 0.4) is 0 Å². The van der Waals surface area contributed by atoms with Crippen LogP contribution >= 0.6 is 0 Å². The van der Waals surface area contributed by atoms with Gasteiger partial charge in [-0.05, 0) is 25.3 Å². The number of nitrogens with one attached hydrogen (secondary N) is 2. The number of ether oxygens (including phenoxy) is 2. The largest absolute Gasteiger partial charge is 0.481 e. The van der Waals surface area contributed by atoms with Crippen molar-refractivity contribution in [3.05, 3.63) is 23.9 Å². The first-order valence-electron chi connectivity index (χ1n) is 9.95. The van der Waals surface area contributed by atoms with Gasteiger partial charge in [-0.15, -0.1) is 0 Å². The third-order valence-corrected chi connectivity index (χ3v) is 4.61. The Kier molecular flexibility index (Phi) is 9.35. The maximum atomic E-state index is 5.51. The van der Waals surface area contributed by atoms with Gasteiger partial charge in [0.25, 0.3) is 0 Å². The van der Waals surface area contributed by atoms with Crippen molar-refractivity contribution in [1.29, 1.82) is 0 Å². The fourth-order valence-electron chi connectivity index (χ4n) is 3.30. The van der Waals surface area contributed by atoms with E-state index in [0.717, 1.165) is 57.3 Å². The van der Waals surface area contributed by atoms with Crippen LogP contribution < -0.4 is 15.4 Å². The molecule has 0 aliphatic carbocycles. The van der Waals surface area contributed by atoms with Crippen LogP contribution in [0.25, 0.3) is 0 Å². The molecule has 0 radical (unpaired) electrons. The second kappa shape index (κ2) is 11.8. The van der Waals surface area contributed by atoms with Crippen molar-refractivity contribution >= 4 is 5.96 Å². The van der Waals surface area contributed by atoms with Gasteiger partial charge in [0.15, 0.2) is 5.96 Å². The zero-order chi connectivity index (χ0) is 19.5. The van der Waals surface area contributed by atoms with Crippen LogP contribution in [0.4, 0.5) is 0 Å². The van der Waals surface area contributed by atoms with E-state index >= 15 is 0 Å². The van der Waals surface area contributed by atoms with Crippen molar-refractivity contribution in [2.24, 2.45) is 10.9 Å². The SMILES string of the molecule is CCNC(=NCc1cccnc1OC)NCC(CC(C)C)N1CCOCC1. The van der Waals surface area contributed by atoms with E-state index in [1.165, 1.54) is 0 Å². The predicted molar refractivity (Wildman–Crippen MR) is 109 cm³/mol. The minimum atomic E-state index is 0.477. The lowest BCUT2D eigenvalue weighted by atomic mass is 10.0. The first kappa shape index (κ1) is 21.4. The minimum Gasteiger partial charge on any atom is -0.481 e.